The third-order valence-electron chi connectivity index (χ3n) is 2.17. The van der Waals surface area contributed by atoms with E-state index in [9.17, 15) is 0 Å². The van der Waals surface area contributed by atoms with E-state index in [1.807, 2.05) is 6.07 Å². The van der Waals surface area contributed by atoms with Gasteiger partial charge in [0.05, 0.1) is 16.8 Å². The summed E-state index contributed by atoms with van der Waals surface area (Å²) >= 11 is 11.0. The van der Waals surface area contributed by atoms with Crippen LogP contribution in [0.1, 0.15) is 11.3 Å². The van der Waals surface area contributed by atoms with Crippen LogP contribution < -0.4 is 10.5 Å². The van der Waals surface area contributed by atoms with Crippen LogP contribution in [-0.2, 0) is 6.61 Å². The molecule has 0 saturated carbocycles. The molecule has 0 unspecified atom stereocenters. The maximum absolute atomic E-state index is 6.01. The van der Waals surface area contributed by atoms with E-state index < -0.39 is 0 Å². The number of hydrogen-bond acceptors (Lipinski definition) is 3. The van der Waals surface area contributed by atoms with Crippen molar-refractivity contribution in [1.29, 1.82) is 0 Å². The van der Waals surface area contributed by atoms with Crippen LogP contribution in [0.3, 0.4) is 0 Å². The largest absolute Gasteiger partial charge is 0.485 e. The minimum atomic E-state index is 0.213. The Morgan fingerprint density at radius 1 is 1.35 bits per heavy atom. The van der Waals surface area contributed by atoms with E-state index >= 15 is 0 Å². The summed E-state index contributed by atoms with van der Waals surface area (Å²) in [7, 11) is 0. The lowest BCUT2D eigenvalue weighted by Gasteiger charge is -2.10. The molecule has 1 aromatic carbocycles. The lowest BCUT2D eigenvalue weighted by Crippen LogP contribution is -2.12. The Morgan fingerprint density at radius 3 is 2.82 bits per heavy atom. The maximum atomic E-state index is 6.01. The van der Waals surface area contributed by atoms with E-state index in [1.165, 1.54) is 0 Å². The van der Waals surface area contributed by atoms with Gasteiger partial charge in [-0.1, -0.05) is 29.9 Å². The second-order valence-electron chi connectivity index (χ2n) is 3.35. The number of thiocarbonyl (C=S) groups is 1. The van der Waals surface area contributed by atoms with Crippen molar-refractivity contribution in [2.24, 2.45) is 5.73 Å². The number of furan rings is 1. The van der Waals surface area contributed by atoms with Crippen LogP contribution in [0, 0.1) is 0 Å². The Bertz CT molecular complexity index is 525. The summed E-state index contributed by atoms with van der Waals surface area (Å²) in [5.41, 5.74) is 6.16. The first kappa shape index (κ1) is 12.0. The fraction of sp³-hybridized carbons (Fsp3) is 0.0833. The summed E-state index contributed by atoms with van der Waals surface area (Å²) in [5.74, 6) is 1.28. The quantitative estimate of drug-likeness (QED) is 0.865. The molecule has 1 heterocycles. The van der Waals surface area contributed by atoms with Crippen LogP contribution in [0.2, 0.25) is 5.02 Å². The SMILES string of the molecule is NC(=S)c1c(Cl)cccc1OCc1ccco1. The predicted molar refractivity (Wildman–Crippen MR) is 70.4 cm³/mol. The first-order chi connectivity index (χ1) is 8.18. The van der Waals surface area contributed by atoms with E-state index in [0.29, 0.717) is 22.9 Å². The molecule has 88 valence electrons. The van der Waals surface area contributed by atoms with Gasteiger partial charge in [0.15, 0.2) is 0 Å². The molecule has 0 aliphatic carbocycles. The van der Waals surface area contributed by atoms with Crippen molar-refractivity contribution in [3.63, 3.8) is 0 Å². The lowest BCUT2D eigenvalue weighted by molar-refractivity contribution is 0.270. The lowest BCUT2D eigenvalue weighted by atomic mass is 10.2. The minimum Gasteiger partial charge on any atom is -0.485 e. The molecule has 2 aromatic rings. The second-order valence-corrected chi connectivity index (χ2v) is 4.19. The molecule has 2 rings (SSSR count). The molecular formula is C12H10ClNO2S. The van der Waals surface area contributed by atoms with Crippen LogP contribution in [0.15, 0.2) is 41.0 Å². The van der Waals surface area contributed by atoms with Gasteiger partial charge in [0.1, 0.15) is 23.1 Å². The first-order valence-corrected chi connectivity index (χ1v) is 5.70. The van der Waals surface area contributed by atoms with E-state index in [2.05, 4.69) is 0 Å². The van der Waals surface area contributed by atoms with Gasteiger partial charge < -0.3 is 14.9 Å². The number of benzene rings is 1. The fourth-order valence-corrected chi connectivity index (χ4v) is 1.94. The summed E-state index contributed by atoms with van der Waals surface area (Å²) in [4.78, 5) is 0.213. The van der Waals surface area contributed by atoms with Gasteiger partial charge in [-0.15, -0.1) is 0 Å². The Kier molecular flexibility index (Phi) is 3.66. The second kappa shape index (κ2) is 5.21. The molecular weight excluding hydrogens is 258 g/mol. The van der Waals surface area contributed by atoms with Gasteiger partial charge >= 0.3 is 0 Å². The average molecular weight is 268 g/mol. The highest BCUT2D eigenvalue weighted by Gasteiger charge is 2.11. The highest BCUT2D eigenvalue weighted by atomic mass is 35.5. The van der Waals surface area contributed by atoms with Crippen molar-refractivity contribution in [2.45, 2.75) is 6.61 Å². The smallest absolute Gasteiger partial charge is 0.146 e. The Hall–Kier alpha value is -1.52. The molecule has 0 atom stereocenters. The molecule has 17 heavy (non-hydrogen) atoms. The molecule has 0 saturated heterocycles. The van der Waals surface area contributed by atoms with Crippen LogP contribution in [0.5, 0.6) is 5.75 Å². The van der Waals surface area contributed by atoms with E-state index in [4.69, 9.17) is 38.7 Å². The molecule has 0 radical (unpaired) electrons. The predicted octanol–water partition coefficient (Wildman–Crippen LogP) is 3.15. The highest BCUT2D eigenvalue weighted by molar-refractivity contribution is 7.80. The zero-order valence-corrected chi connectivity index (χ0v) is 10.4. The van der Waals surface area contributed by atoms with Crippen molar-refractivity contribution in [3.8, 4) is 5.75 Å². The number of nitrogens with two attached hydrogens (primary N) is 1. The topological polar surface area (TPSA) is 48.4 Å². The van der Waals surface area contributed by atoms with Crippen molar-refractivity contribution in [1.82, 2.24) is 0 Å². The summed E-state index contributed by atoms with van der Waals surface area (Å²) in [6.07, 6.45) is 1.59. The molecule has 0 aliphatic heterocycles. The van der Waals surface area contributed by atoms with Crippen molar-refractivity contribution < 1.29 is 9.15 Å². The standard InChI is InChI=1S/C12H10ClNO2S/c13-9-4-1-5-10(11(9)12(14)17)16-7-8-3-2-6-15-8/h1-6H,7H2,(H2,14,17). The first-order valence-electron chi connectivity index (χ1n) is 4.92. The average Bonchev–Trinajstić information content (AvgIpc) is 2.78. The third kappa shape index (κ3) is 2.78. The van der Waals surface area contributed by atoms with Crippen LogP contribution >= 0.6 is 23.8 Å². The van der Waals surface area contributed by atoms with Gasteiger partial charge in [0, 0.05) is 0 Å². The normalized spacial score (nSPS) is 10.2. The molecule has 0 aliphatic rings. The van der Waals surface area contributed by atoms with E-state index in [-0.39, 0.29) is 4.99 Å². The zero-order valence-electron chi connectivity index (χ0n) is 8.85. The Labute approximate surface area is 109 Å². The van der Waals surface area contributed by atoms with Gasteiger partial charge in [-0.05, 0) is 24.3 Å². The van der Waals surface area contributed by atoms with Crippen LogP contribution in [0.4, 0.5) is 0 Å². The minimum absolute atomic E-state index is 0.213. The summed E-state index contributed by atoms with van der Waals surface area (Å²) in [6.45, 7) is 0.308. The van der Waals surface area contributed by atoms with E-state index in [1.54, 1.807) is 30.5 Å². The molecule has 0 amide bonds. The Morgan fingerprint density at radius 2 is 2.18 bits per heavy atom. The molecule has 3 nitrogen and oxygen atoms in total. The van der Waals surface area contributed by atoms with Crippen molar-refractivity contribution in [3.05, 3.63) is 52.9 Å². The zero-order chi connectivity index (χ0) is 12.3. The summed E-state index contributed by atoms with van der Waals surface area (Å²) < 4.78 is 10.7. The van der Waals surface area contributed by atoms with Gasteiger partial charge in [0.2, 0.25) is 0 Å². The number of ether oxygens (including phenoxy) is 1. The van der Waals surface area contributed by atoms with Crippen molar-refractivity contribution >= 4 is 28.8 Å². The summed E-state index contributed by atoms with van der Waals surface area (Å²) in [5, 5.41) is 0.481. The Balaban J connectivity index is 2.21. The van der Waals surface area contributed by atoms with E-state index in [0.717, 1.165) is 5.76 Å². The van der Waals surface area contributed by atoms with Gasteiger partial charge in [-0.2, -0.15) is 0 Å². The molecule has 0 spiro atoms. The van der Waals surface area contributed by atoms with Gasteiger partial charge in [0.25, 0.3) is 0 Å². The third-order valence-corrected chi connectivity index (χ3v) is 2.69. The van der Waals surface area contributed by atoms with Crippen LogP contribution in [-0.4, -0.2) is 4.99 Å². The van der Waals surface area contributed by atoms with Gasteiger partial charge in [-0.25, -0.2) is 0 Å². The number of hydrogen-bond donors (Lipinski definition) is 1. The maximum Gasteiger partial charge on any atom is 0.146 e. The molecule has 2 N–H and O–H groups in total. The number of halogens is 1. The summed E-state index contributed by atoms with van der Waals surface area (Å²) in [6, 6.07) is 8.89. The molecule has 0 bridgehead atoms. The van der Waals surface area contributed by atoms with Gasteiger partial charge in [-0.3, -0.25) is 0 Å². The van der Waals surface area contributed by atoms with Crippen molar-refractivity contribution in [2.75, 3.05) is 0 Å². The number of rotatable bonds is 4. The monoisotopic (exact) mass is 267 g/mol. The highest BCUT2D eigenvalue weighted by Crippen LogP contribution is 2.26. The molecule has 1 aromatic heterocycles. The molecule has 0 fully saturated rings. The fourth-order valence-electron chi connectivity index (χ4n) is 1.41. The van der Waals surface area contributed by atoms with Crippen LogP contribution in [0.25, 0.3) is 0 Å². The molecule has 5 heteroatoms.